The number of aromatic nitrogens is 2. The number of hydrogen-bond donors (Lipinski definition) is 0. The highest BCUT2D eigenvalue weighted by atomic mass is 79.9. The van der Waals surface area contributed by atoms with Gasteiger partial charge in [-0.05, 0) is 56.0 Å². The van der Waals surface area contributed by atoms with Crippen molar-refractivity contribution in [3.05, 3.63) is 15.9 Å². The van der Waals surface area contributed by atoms with Gasteiger partial charge in [0, 0.05) is 0 Å². The summed E-state index contributed by atoms with van der Waals surface area (Å²) in [6.45, 7) is 12.5. The van der Waals surface area contributed by atoms with E-state index >= 15 is 0 Å². The number of carbonyl (C=O) groups excluding carboxylic acids is 1. The zero-order valence-corrected chi connectivity index (χ0v) is 14.2. The maximum Gasteiger partial charge on any atom is 0.357 e. The van der Waals surface area contributed by atoms with Gasteiger partial charge in [0.15, 0.2) is 5.69 Å². The fraction of sp³-hybridized carbons (Fsp3) is 0.714. The first-order valence-corrected chi connectivity index (χ1v) is 7.42. The minimum atomic E-state index is -0.327. The van der Waals surface area contributed by atoms with Crippen molar-refractivity contribution in [2.75, 3.05) is 6.61 Å². The van der Waals surface area contributed by atoms with E-state index in [-0.39, 0.29) is 11.5 Å². The van der Waals surface area contributed by atoms with Crippen LogP contribution in [0, 0.1) is 5.92 Å². The second kappa shape index (κ2) is 6.07. The van der Waals surface area contributed by atoms with Gasteiger partial charge in [-0.3, -0.25) is 4.68 Å². The first-order chi connectivity index (χ1) is 8.68. The van der Waals surface area contributed by atoms with Crippen LogP contribution in [-0.2, 0) is 16.7 Å². The summed E-state index contributed by atoms with van der Waals surface area (Å²) < 4.78 is 7.65. The average molecular weight is 331 g/mol. The molecule has 0 aromatic carbocycles. The molecule has 0 N–H and O–H groups in total. The van der Waals surface area contributed by atoms with E-state index in [9.17, 15) is 4.79 Å². The molecule has 0 aliphatic carbocycles. The van der Waals surface area contributed by atoms with Crippen LogP contribution in [0.4, 0.5) is 0 Å². The van der Waals surface area contributed by atoms with Crippen molar-refractivity contribution in [2.24, 2.45) is 5.92 Å². The quantitative estimate of drug-likeness (QED) is 0.789. The van der Waals surface area contributed by atoms with Gasteiger partial charge in [-0.15, -0.1) is 0 Å². The molecule has 0 saturated carbocycles. The van der Waals surface area contributed by atoms with E-state index in [4.69, 9.17) is 4.74 Å². The van der Waals surface area contributed by atoms with Gasteiger partial charge in [-0.25, -0.2) is 4.79 Å². The van der Waals surface area contributed by atoms with E-state index in [1.807, 2.05) is 20.8 Å². The van der Waals surface area contributed by atoms with E-state index < -0.39 is 0 Å². The van der Waals surface area contributed by atoms with Crippen LogP contribution in [0.25, 0.3) is 0 Å². The summed E-state index contributed by atoms with van der Waals surface area (Å²) in [7, 11) is 0. The summed E-state index contributed by atoms with van der Waals surface area (Å²) in [5, 5.41) is 4.59. The molecule has 0 radical (unpaired) electrons. The number of nitrogens with zero attached hydrogens (tertiary/aromatic N) is 2. The Hall–Kier alpha value is -0.840. The Morgan fingerprint density at radius 3 is 2.42 bits per heavy atom. The Kier molecular flexibility index (Phi) is 5.18. The Balaban J connectivity index is 3.32. The smallest absolute Gasteiger partial charge is 0.357 e. The molecular formula is C14H23BrN2O2. The van der Waals surface area contributed by atoms with E-state index in [1.165, 1.54) is 0 Å². The highest BCUT2D eigenvalue weighted by Gasteiger charge is 2.29. The summed E-state index contributed by atoms with van der Waals surface area (Å²) in [4.78, 5) is 12.1. The summed E-state index contributed by atoms with van der Waals surface area (Å²) in [6, 6.07) is 0. The van der Waals surface area contributed by atoms with Crippen LogP contribution >= 0.6 is 15.9 Å². The average Bonchev–Trinajstić information content (AvgIpc) is 2.55. The van der Waals surface area contributed by atoms with Gasteiger partial charge in [0.2, 0.25) is 0 Å². The van der Waals surface area contributed by atoms with Crippen LogP contribution in [0.3, 0.4) is 0 Å². The molecule has 0 aliphatic rings. The number of halogens is 1. The van der Waals surface area contributed by atoms with Gasteiger partial charge < -0.3 is 4.74 Å². The van der Waals surface area contributed by atoms with Crippen LogP contribution in [-0.4, -0.2) is 22.4 Å². The first kappa shape index (κ1) is 16.2. The van der Waals surface area contributed by atoms with Crippen molar-refractivity contribution in [3.8, 4) is 0 Å². The number of esters is 1. The van der Waals surface area contributed by atoms with Crippen LogP contribution in [0.15, 0.2) is 4.47 Å². The highest BCUT2D eigenvalue weighted by Crippen LogP contribution is 2.29. The molecule has 4 nitrogen and oxygen atoms in total. The molecule has 5 heteroatoms. The van der Waals surface area contributed by atoms with Crippen molar-refractivity contribution in [2.45, 2.75) is 53.5 Å². The van der Waals surface area contributed by atoms with Crippen LogP contribution in [0.1, 0.15) is 57.7 Å². The maximum atomic E-state index is 12.1. The van der Waals surface area contributed by atoms with Gasteiger partial charge in [0.05, 0.1) is 22.3 Å². The number of hydrogen-bond acceptors (Lipinski definition) is 3. The first-order valence-electron chi connectivity index (χ1n) is 6.63. The van der Waals surface area contributed by atoms with Crippen LogP contribution in [0.2, 0.25) is 0 Å². The Labute approximate surface area is 123 Å². The molecule has 1 rings (SSSR count). The SMILES string of the molecule is CCOC(=O)c1c(Br)c(CC(C)C)nn1C(C)(C)C. The molecule has 1 aromatic rings. The van der Waals surface area contributed by atoms with E-state index in [1.54, 1.807) is 11.6 Å². The summed E-state index contributed by atoms with van der Waals surface area (Å²) in [5.74, 6) is 0.154. The van der Waals surface area contributed by atoms with Crippen LogP contribution < -0.4 is 0 Å². The number of carbonyl (C=O) groups is 1. The Morgan fingerprint density at radius 2 is 2.00 bits per heavy atom. The minimum absolute atomic E-state index is 0.264. The summed E-state index contributed by atoms with van der Waals surface area (Å²) in [6.07, 6.45) is 0.829. The second-order valence-corrected chi connectivity index (χ2v) is 6.80. The molecule has 1 aromatic heterocycles. The third-order valence-corrected chi connectivity index (χ3v) is 3.43. The second-order valence-electron chi connectivity index (χ2n) is 6.01. The lowest BCUT2D eigenvalue weighted by Crippen LogP contribution is -2.28. The zero-order chi connectivity index (χ0) is 14.8. The van der Waals surface area contributed by atoms with Crippen molar-refractivity contribution in [3.63, 3.8) is 0 Å². The maximum absolute atomic E-state index is 12.1. The molecule has 0 atom stereocenters. The van der Waals surface area contributed by atoms with Gasteiger partial charge >= 0.3 is 5.97 Å². The van der Waals surface area contributed by atoms with E-state index in [0.717, 1.165) is 16.6 Å². The van der Waals surface area contributed by atoms with E-state index in [2.05, 4.69) is 34.9 Å². The summed E-state index contributed by atoms with van der Waals surface area (Å²) in [5.41, 5.74) is 1.15. The Bertz CT molecular complexity index is 459. The standard InChI is InChI=1S/C14H23BrN2O2/c1-7-19-13(18)12-11(15)10(8-9(2)3)16-17(12)14(4,5)6/h9H,7-8H2,1-6H3. The zero-order valence-electron chi connectivity index (χ0n) is 12.6. The molecule has 0 unspecified atom stereocenters. The fourth-order valence-corrected chi connectivity index (χ4v) is 2.39. The topological polar surface area (TPSA) is 44.1 Å². The van der Waals surface area contributed by atoms with Crippen molar-refractivity contribution in [1.29, 1.82) is 0 Å². The normalized spacial score (nSPS) is 12.0. The van der Waals surface area contributed by atoms with Crippen LogP contribution in [0.5, 0.6) is 0 Å². The molecule has 0 bridgehead atoms. The predicted molar refractivity (Wildman–Crippen MR) is 79.4 cm³/mol. The van der Waals surface area contributed by atoms with Crippen molar-refractivity contribution in [1.82, 2.24) is 9.78 Å². The third-order valence-electron chi connectivity index (χ3n) is 2.60. The molecular weight excluding hydrogens is 308 g/mol. The minimum Gasteiger partial charge on any atom is -0.461 e. The fourth-order valence-electron chi connectivity index (χ4n) is 1.82. The lowest BCUT2D eigenvalue weighted by atomic mass is 10.1. The van der Waals surface area contributed by atoms with Gasteiger partial charge in [-0.1, -0.05) is 13.8 Å². The van der Waals surface area contributed by atoms with Gasteiger partial charge in [0.25, 0.3) is 0 Å². The Morgan fingerprint density at radius 1 is 1.42 bits per heavy atom. The monoisotopic (exact) mass is 330 g/mol. The third kappa shape index (κ3) is 3.81. The summed E-state index contributed by atoms with van der Waals surface area (Å²) >= 11 is 3.51. The highest BCUT2D eigenvalue weighted by molar-refractivity contribution is 9.10. The van der Waals surface area contributed by atoms with Gasteiger partial charge in [-0.2, -0.15) is 5.10 Å². The van der Waals surface area contributed by atoms with Crippen molar-refractivity contribution >= 4 is 21.9 Å². The number of rotatable bonds is 4. The van der Waals surface area contributed by atoms with Gasteiger partial charge in [0.1, 0.15) is 0 Å². The molecule has 0 saturated heterocycles. The lowest BCUT2D eigenvalue weighted by molar-refractivity contribution is 0.0502. The molecule has 0 aliphatic heterocycles. The van der Waals surface area contributed by atoms with Crippen molar-refractivity contribution < 1.29 is 9.53 Å². The lowest BCUT2D eigenvalue weighted by Gasteiger charge is -2.21. The predicted octanol–water partition coefficient (Wildman–Crippen LogP) is 3.78. The molecule has 0 amide bonds. The molecule has 108 valence electrons. The molecule has 0 spiro atoms. The molecule has 0 fully saturated rings. The molecule has 1 heterocycles. The van der Waals surface area contributed by atoms with E-state index in [0.29, 0.717) is 18.2 Å². The molecule has 19 heavy (non-hydrogen) atoms. The largest absolute Gasteiger partial charge is 0.461 e. The number of ether oxygens (including phenoxy) is 1.